The molecule has 3 rings (SSSR count). The van der Waals surface area contributed by atoms with Gasteiger partial charge in [-0.1, -0.05) is 30.7 Å². The summed E-state index contributed by atoms with van der Waals surface area (Å²) in [6.45, 7) is 1.50. The number of methoxy groups -OCH3 is 1. The Labute approximate surface area is 168 Å². The van der Waals surface area contributed by atoms with Crippen LogP contribution in [0.5, 0.6) is 5.75 Å². The van der Waals surface area contributed by atoms with Crippen molar-refractivity contribution in [3.05, 3.63) is 47.5 Å². The molecular weight excluding hydrogens is 428 g/mol. The molecule has 0 saturated carbocycles. The van der Waals surface area contributed by atoms with E-state index in [0.717, 1.165) is 6.07 Å². The van der Waals surface area contributed by atoms with E-state index < -0.39 is 31.9 Å². The van der Waals surface area contributed by atoms with Crippen molar-refractivity contribution >= 4 is 48.9 Å². The molecule has 8 nitrogen and oxygen atoms in total. The average molecular weight is 445 g/mol. The molecule has 1 fully saturated rings. The summed E-state index contributed by atoms with van der Waals surface area (Å²) < 4.78 is 58.5. The van der Waals surface area contributed by atoms with Crippen molar-refractivity contribution < 1.29 is 26.4 Å². The van der Waals surface area contributed by atoms with E-state index in [2.05, 4.69) is 4.72 Å². The molecule has 1 N–H and O–H groups in total. The van der Waals surface area contributed by atoms with E-state index in [1.54, 1.807) is 12.1 Å². The van der Waals surface area contributed by atoms with Crippen molar-refractivity contribution in [3.8, 4) is 5.75 Å². The lowest BCUT2D eigenvalue weighted by Crippen LogP contribution is -2.30. The molecule has 1 atom stereocenters. The van der Waals surface area contributed by atoms with Gasteiger partial charge in [0.05, 0.1) is 35.2 Å². The molecule has 1 aliphatic rings. The molecule has 1 unspecified atom stereocenters. The topological polar surface area (TPSA) is 110 Å². The third kappa shape index (κ3) is 3.67. The number of rotatable bonds is 5. The summed E-state index contributed by atoms with van der Waals surface area (Å²) in [5.74, 6) is -1.68. The van der Waals surface area contributed by atoms with Crippen molar-refractivity contribution in [2.45, 2.75) is 11.8 Å². The molecule has 0 aromatic heterocycles. The Hall–Kier alpha value is -2.30. The van der Waals surface area contributed by atoms with Crippen LogP contribution < -0.4 is 13.8 Å². The fourth-order valence-corrected chi connectivity index (χ4v) is 6.15. The quantitative estimate of drug-likeness (QED) is 0.758. The number of carbonyl (C=O) groups excluding carboxylic acids is 1. The third-order valence-corrected chi connectivity index (χ3v) is 7.73. The first-order valence-electron chi connectivity index (χ1n) is 8.09. The Kier molecular flexibility index (Phi) is 5.30. The number of ether oxygens (including phenoxy) is 1. The third-order valence-electron chi connectivity index (χ3n) is 4.15. The number of carbonyl (C=O) groups is 1. The van der Waals surface area contributed by atoms with Crippen LogP contribution in [0.3, 0.4) is 0 Å². The average Bonchev–Trinajstić information content (AvgIpc) is 2.83. The van der Waals surface area contributed by atoms with Crippen LogP contribution >= 0.6 is 11.6 Å². The zero-order valence-corrected chi connectivity index (χ0v) is 17.3. The zero-order valence-electron chi connectivity index (χ0n) is 14.9. The van der Waals surface area contributed by atoms with Crippen LogP contribution in [0.1, 0.15) is 6.92 Å². The number of nitrogens with one attached hydrogen (secondary N) is 1. The Morgan fingerprint density at radius 1 is 1.21 bits per heavy atom. The number of amides is 1. The highest BCUT2D eigenvalue weighted by Gasteiger charge is 2.42. The van der Waals surface area contributed by atoms with Crippen molar-refractivity contribution in [1.82, 2.24) is 0 Å². The number of hydrogen-bond donors (Lipinski definition) is 1. The normalized spacial score (nSPS) is 18.9. The molecule has 1 heterocycles. The van der Waals surface area contributed by atoms with Crippen LogP contribution in [-0.4, -0.2) is 35.6 Å². The predicted octanol–water partition coefficient (Wildman–Crippen LogP) is 2.46. The summed E-state index contributed by atoms with van der Waals surface area (Å²) in [6, 6.07) is 9.95. The van der Waals surface area contributed by atoms with Crippen molar-refractivity contribution in [2.75, 3.05) is 21.9 Å². The van der Waals surface area contributed by atoms with Gasteiger partial charge < -0.3 is 4.74 Å². The molecule has 0 radical (unpaired) electrons. The molecule has 0 aliphatic carbocycles. The molecule has 2 aromatic rings. The van der Waals surface area contributed by atoms with Crippen molar-refractivity contribution in [1.29, 1.82) is 0 Å². The van der Waals surface area contributed by atoms with Gasteiger partial charge in [-0.05, 0) is 30.3 Å². The van der Waals surface area contributed by atoms with Crippen LogP contribution in [0.2, 0.25) is 5.02 Å². The minimum atomic E-state index is -4.19. The van der Waals surface area contributed by atoms with E-state index in [9.17, 15) is 21.6 Å². The first-order chi connectivity index (χ1) is 13.1. The van der Waals surface area contributed by atoms with Gasteiger partial charge in [-0.15, -0.1) is 0 Å². The molecule has 1 saturated heterocycles. The Morgan fingerprint density at radius 3 is 2.46 bits per heavy atom. The van der Waals surface area contributed by atoms with Crippen LogP contribution in [0, 0.1) is 5.92 Å². The number of halogens is 1. The van der Waals surface area contributed by atoms with E-state index in [1.807, 2.05) is 0 Å². The standard InChI is InChI=1S/C17H17ClN2O6S2/c1-11-10-27(22,23)20(17(11)21)12-7-8-15(26-2)16(9-12)28(24,25)19-14-6-4-3-5-13(14)18/h3-9,11,19H,10H2,1-2H3. The minimum Gasteiger partial charge on any atom is -0.495 e. The highest BCUT2D eigenvalue weighted by Crippen LogP contribution is 2.35. The summed E-state index contributed by atoms with van der Waals surface area (Å²) in [5, 5.41) is 0.187. The second kappa shape index (κ2) is 7.26. The number of hydrogen-bond acceptors (Lipinski definition) is 6. The van der Waals surface area contributed by atoms with Gasteiger partial charge in [0.15, 0.2) is 0 Å². The van der Waals surface area contributed by atoms with Crippen LogP contribution in [-0.2, 0) is 24.8 Å². The fraction of sp³-hybridized carbons (Fsp3) is 0.235. The molecule has 1 aliphatic heterocycles. The van der Waals surface area contributed by atoms with Gasteiger partial charge >= 0.3 is 0 Å². The summed E-state index contributed by atoms with van der Waals surface area (Å²) in [4.78, 5) is 12.0. The highest BCUT2D eigenvalue weighted by molar-refractivity contribution is 7.94. The Morgan fingerprint density at radius 2 is 1.89 bits per heavy atom. The smallest absolute Gasteiger partial charge is 0.265 e. The molecule has 0 spiro atoms. The number of para-hydroxylation sites is 1. The number of anilines is 2. The van der Waals surface area contributed by atoms with E-state index in [1.165, 1.54) is 38.3 Å². The van der Waals surface area contributed by atoms with Crippen molar-refractivity contribution in [2.24, 2.45) is 5.92 Å². The second-order valence-electron chi connectivity index (χ2n) is 6.20. The Bertz CT molecular complexity index is 1150. The minimum absolute atomic E-state index is 0.0135. The van der Waals surface area contributed by atoms with Gasteiger partial charge in [-0.25, -0.2) is 21.1 Å². The molecule has 28 heavy (non-hydrogen) atoms. The van der Waals surface area contributed by atoms with Crippen molar-refractivity contribution in [3.63, 3.8) is 0 Å². The molecule has 2 aromatic carbocycles. The molecule has 0 bridgehead atoms. The van der Waals surface area contributed by atoms with Gasteiger partial charge in [0.25, 0.3) is 10.0 Å². The van der Waals surface area contributed by atoms with Gasteiger partial charge in [0, 0.05) is 0 Å². The summed E-state index contributed by atoms with van der Waals surface area (Å²) in [5.41, 5.74) is 0.0739. The summed E-state index contributed by atoms with van der Waals surface area (Å²) in [6.07, 6.45) is 0. The second-order valence-corrected chi connectivity index (χ2v) is 10.1. The largest absolute Gasteiger partial charge is 0.495 e. The van der Waals surface area contributed by atoms with Crippen LogP contribution in [0.4, 0.5) is 11.4 Å². The number of benzene rings is 2. The fourth-order valence-electron chi connectivity index (χ4n) is 2.83. The first-order valence-corrected chi connectivity index (χ1v) is 11.6. The van der Waals surface area contributed by atoms with Crippen LogP contribution in [0.15, 0.2) is 47.4 Å². The van der Waals surface area contributed by atoms with E-state index >= 15 is 0 Å². The lowest BCUT2D eigenvalue weighted by Gasteiger charge is -2.18. The maximum atomic E-state index is 12.9. The molecule has 11 heteroatoms. The van der Waals surface area contributed by atoms with Gasteiger partial charge in [-0.2, -0.15) is 0 Å². The van der Waals surface area contributed by atoms with E-state index in [-0.39, 0.29) is 32.8 Å². The number of nitrogens with zero attached hydrogens (tertiary/aromatic N) is 1. The SMILES string of the molecule is COc1ccc(N2C(=O)C(C)CS2(=O)=O)cc1S(=O)(=O)Nc1ccccc1Cl. The first kappa shape index (κ1) is 20.4. The molecular formula is C17H17ClN2O6S2. The Balaban J connectivity index is 2.10. The maximum Gasteiger partial charge on any atom is 0.265 e. The van der Waals surface area contributed by atoms with Crippen LogP contribution in [0.25, 0.3) is 0 Å². The molecule has 150 valence electrons. The lowest BCUT2D eigenvalue weighted by atomic mass is 10.2. The summed E-state index contributed by atoms with van der Waals surface area (Å²) >= 11 is 6.01. The van der Waals surface area contributed by atoms with Gasteiger partial charge in [0.1, 0.15) is 10.6 Å². The highest BCUT2D eigenvalue weighted by atomic mass is 35.5. The van der Waals surface area contributed by atoms with Gasteiger partial charge in [0.2, 0.25) is 15.9 Å². The lowest BCUT2D eigenvalue weighted by molar-refractivity contribution is -0.119. The zero-order chi connectivity index (χ0) is 20.7. The predicted molar refractivity (Wildman–Crippen MR) is 106 cm³/mol. The summed E-state index contributed by atoms with van der Waals surface area (Å²) in [7, 11) is -6.79. The van der Waals surface area contributed by atoms with E-state index in [4.69, 9.17) is 16.3 Å². The van der Waals surface area contributed by atoms with Gasteiger partial charge in [-0.3, -0.25) is 9.52 Å². The molecule has 1 amide bonds. The number of sulfonamides is 2. The monoisotopic (exact) mass is 444 g/mol. The van der Waals surface area contributed by atoms with E-state index in [0.29, 0.717) is 4.31 Å². The maximum absolute atomic E-state index is 12.9.